The third-order valence-corrected chi connectivity index (χ3v) is 3.26. The van der Waals surface area contributed by atoms with Crippen molar-refractivity contribution >= 4 is 22.2 Å². The summed E-state index contributed by atoms with van der Waals surface area (Å²) in [5.74, 6) is 0. The van der Waals surface area contributed by atoms with Gasteiger partial charge in [0.1, 0.15) is 0 Å². The Hall–Kier alpha value is -1.68. The average Bonchev–Trinajstić information content (AvgIpc) is 2.31. The van der Waals surface area contributed by atoms with Gasteiger partial charge in [-0.15, -0.1) is 0 Å². The molecule has 2 rings (SSSR count). The van der Waals surface area contributed by atoms with Gasteiger partial charge in [0.2, 0.25) is 0 Å². The molecule has 1 heterocycles. The lowest BCUT2D eigenvalue weighted by Crippen LogP contribution is -2.22. The standard InChI is InChI=1S/C13H10BrNO2/c1-9-4-2-3-5-12(9)15-7-6-11(14)10(8-16)13(15)17/h2-8H,1H3. The number of pyridine rings is 1. The van der Waals surface area contributed by atoms with Gasteiger partial charge in [0, 0.05) is 10.7 Å². The molecule has 0 amide bonds. The zero-order valence-corrected chi connectivity index (χ0v) is 10.8. The quantitative estimate of drug-likeness (QED) is 0.798. The van der Waals surface area contributed by atoms with Crippen LogP contribution >= 0.6 is 15.9 Å². The molecule has 0 unspecified atom stereocenters. The number of carbonyl (C=O) groups excluding carboxylic acids is 1. The summed E-state index contributed by atoms with van der Waals surface area (Å²) < 4.78 is 1.99. The van der Waals surface area contributed by atoms with Gasteiger partial charge in [0.25, 0.3) is 5.56 Å². The summed E-state index contributed by atoms with van der Waals surface area (Å²) >= 11 is 3.19. The molecule has 0 radical (unpaired) electrons. The third kappa shape index (κ3) is 2.08. The molecule has 0 aliphatic rings. The molecule has 0 aliphatic carbocycles. The maximum Gasteiger partial charge on any atom is 0.266 e. The van der Waals surface area contributed by atoms with Crippen LogP contribution in [0.2, 0.25) is 0 Å². The number of hydrogen-bond acceptors (Lipinski definition) is 2. The van der Waals surface area contributed by atoms with E-state index in [1.54, 1.807) is 12.3 Å². The molecule has 4 heteroatoms. The Morgan fingerprint density at radius 1 is 1.24 bits per heavy atom. The van der Waals surface area contributed by atoms with Crippen molar-refractivity contribution in [2.75, 3.05) is 0 Å². The van der Waals surface area contributed by atoms with E-state index in [4.69, 9.17) is 0 Å². The summed E-state index contributed by atoms with van der Waals surface area (Å²) in [6.45, 7) is 1.92. The number of aryl methyl sites for hydroxylation is 1. The molecule has 0 N–H and O–H groups in total. The molecular weight excluding hydrogens is 282 g/mol. The van der Waals surface area contributed by atoms with Crippen molar-refractivity contribution in [2.24, 2.45) is 0 Å². The van der Waals surface area contributed by atoms with Gasteiger partial charge in [-0.2, -0.15) is 0 Å². The predicted octanol–water partition coefficient (Wildman–Crippen LogP) is 2.72. The minimum absolute atomic E-state index is 0.135. The van der Waals surface area contributed by atoms with Crippen LogP contribution in [-0.4, -0.2) is 10.9 Å². The van der Waals surface area contributed by atoms with Crippen LogP contribution in [0.5, 0.6) is 0 Å². The number of nitrogens with zero attached hydrogens (tertiary/aromatic N) is 1. The number of carbonyl (C=O) groups is 1. The lowest BCUT2D eigenvalue weighted by atomic mass is 10.2. The second-order valence-corrected chi connectivity index (χ2v) is 4.51. The van der Waals surface area contributed by atoms with Crippen LogP contribution in [-0.2, 0) is 0 Å². The van der Waals surface area contributed by atoms with Crippen molar-refractivity contribution in [3.63, 3.8) is 0 Å². The lowest BCUT2D eigenvalue weighted by Gasteiger charge is -2.09. The molecular formula is C13H10BrNO2. The Bertz CT molecular complexity index is 632. The second kappa shape index (κ2) is 4.67. The fourth-order valence-corrected chi connectivity index (χ4v) is 2.04. The van der Waals surface area contributed by atoms with Crippen LogP contribution in [0.15, 0.2) is 45.8 Å². The van der Waals surface area contributed by atoms with Crippen LogP contribution in [0.4, 0.5) is 0 Å². The van der Waals surface area contributed by atoms with Crippen molar-refractivity contribution in [2.45, 2.75) is 6.92 Å². The number of para-hydroxylation sites is 1. The van der Waals surface area contributed by atoms with Crippen LogP contribution in [0.3, 0.4) is 0 Å². The van der Waals surface area contributed by atoms with Gasteiger partial charge in [-0.1, -0.05) is 18.2 Å². The molecule has 0 spiro atoms. The molecule has 0 saturated heterocycles. The monoisotopic (exact) mass is 291 g/mol. The van der Waals surface area contributed by atoms with E-state index in [1.165, 1.54) is 4.57 Å². The Morgan fingerprint density at radius 2 is 1.94 bits per heavy atom. The number of halogens is 1. The number of rotatable bonds is 2. The van der Waals surface area contributed by atoms with E-state index >= 15 is 0 Å². The largest absolute Gasteiger partial charge is 0.298 e. The molecule has 0 bridgehead atoms. The van der Waals surface area contributed by atoms with Crippen LogP contribution in [0, 0.1) is 6.92 Å². The van der Waals surface area contributed by atoms with E-state index in [1.807, 2.05) is 31.2 Å². The molecule has 0 fully saturated rings. The molecule has 1 aromatic carbocycles. The van der Waals surface area contributed by atoms with Crippen molar-refractivity contribution in [3.05, 3.63) is 62.5 Å². The van der Waals surface area contributed by atoms with Crippen molar-refractivity contribution < 1.29 is 4.79 Å². The van der Waals surface area contributed by atoms with Gasteiger partial charge < -0.3 is 0 Å². The van der Waals surface area contributed by atoms with Crippen LogP contribution in [0.1, 0.15) is 15.9 Å². The first-order valence-corrected chi connectivity index (χ1v) is 5.87. The van der Waals surface area contributed by atoms with Gasteiger partial charge in [0.15, 0.2) is 6.29 Å². The number of aromatic nitrogens is 1. The normalized spacial score (nSPS) is 10.2. The molecule has 0 saturated carbocycles. The van der Waals surface area contributed by atoms with Gasteiger partial charge in [-0.3, -0.25) is 14.2 Å². The average molecular weight is 292 g/mol. The number of hydrogen-bond donors (Lipinski definition) is 0. The molecule has 1 aromatic heterocycles. The summed E-state index contributed by atoms with van der Waals surface area (Å²) in [5.41, 5.74) is 1.58. The van der Waals surface area contributed by atoms with Crippen molar-refractivity contribution in [1.82, 2.24) is 4.57 Å². The van der Waals surface area contributed by atoms with E-state index in [9.17, 15) is 9.59 Å². The van der Waals surface area contributed by atoms with E-state index in [0.717, 1.165) is 11.3 Å². The molecule has 86 valence electrons. The zero-order chi connectivity index (χ0) is 12.4. The lowest BCUT2D eigenvalue weighted by molar-refractivity contribution is 0.112. The summed E-state index contributed by atoms with van der Waals surface area (Å²) in [6.07, 6.45) is 2.23. The highest BCUT2D eigenvalue weighted by Gasteiger charge is 2.09. The molecule has 3 nitrogen and oxygen atoms in total. The molecule has 2 aromatic rings. The first-order chi connectivity index (χ1) is 8.15. The van der Waals surface area contributed by atoms with Crippen molar-refractivity contribution in [3.8, 4) is 5.69 Å². The fourth-order valence-electron chi connectivity index (χ4n) is 1.66. The summed E-state index contributed by atoms with van der Waals surface area (Å²) in [7, 11) is 0. The predicted molar refractivity (Wildman–Crippen MR) is 69.9 cm³/mol. The smallest absolute Gasteiger partial charge is 0.266 e. The maximum atomic E-state index is 12.1. The first kappa shape index (κ1) is 11.8. The van der Waals surface area contributed by atoms with Crippen LogP contribution in [0.25, 0.3) is 5.69 Å². The second-order valence-electron chi connectivity index (χ2n) is 3.66. The Balaban J connectivity index is 2.74. The highest BCUT2D eigenvalue weighted by Crippen LogP contribution is 2.15. The molecule has 17 heavy (non-hydrogen) atoms. The van der Waals surface area contributed by atoms with Gasteiger partial charge >= 0.3 is 0 Å². The fraction of sp³-hybridized carbons (Fsp3) is 0.0769. The van der Waals surface area contributed by atoms with E-state index in [2.05, 4.69) is 15.9 Å². The summed E-state index contributed by atoms with van der Waals surface area (Å²) in [4.78, 5) is 22.9. The van der Waals surface area contributed by atoms with E-state index in [0.29, 0.717) is 10.8 Å². The Kier molecular flexibility index (Phi) is 3.24. The van der Waals surface area contributed by atoms with E-state index in [-0.39, 0.29) is 11.1 Å². The highest BCUT2D eigenvalue weighted by molar-refractivity contribution is 9.10. The maximum absolute atomic E-state index is 12.1. The first-order valence-electron chi connectivity index (χ1n) is 5.07. The van der Waals surface area contributed by atoms with Gasteiger partial charge in [-0.25, -0.2) is 0 Å². The minimum atomic E-state index is -0.316. The van der Waals surface area contributed by atoms with Gasteiger partial charge in [-0.05, 0) is 40.5 Å². The van der Waals surface area contributed by atoms with E-state index < -0.39 is 0 Å². The molecule has 0 atom stereocenters. The Morgan fingerprint density at radius 3 is 2.59 bits per heavy atom. The minimum Gasteiger partial charge on any atom is -0.298 e. The summed E-state index contributed by atoms with van der Waals surface area (Å²) in [5, 5.41) is 0. The highest BCUT2D eigenvalue weighted by atomic mass is 79.9. The Labute approximate surface area is 107 Å². The topological polar surface area (TPSA) is 39.1 Å². The number of aldehydes is 1. The van der Waals surface area contributed by atoms with Gasteiger partial charge in [0.05, 0.1) is 11.3 Å². The summed E-state index contributed by atoms with van der Waals surface area (Å²) in [6, 6.07) is 9.22. The number of benzene rings is 1. The molecule has 0 aliphatic heterocycles. The van der Waals surface area contributed by atoms with Crippen molar-refractivity contribution in [1.29, 1.82) is 0 Å². The zero-order valence-electron chi connectivity index (χ0n) is 9.18. The van der Waals surface area contributed by atoms with Crippen LogP contribution < -0.4 is 5.56 Å². The SMILES string of the molecule is Cc1ccccc1-n1ccc(Br)c(C=O)c1=O. The third-order valence-electron chi connectivity index (χ3n) is 2.57.